The number of pyridine rings is 1. The van der Waals surface area contributed by atoms with Crippen molar-refractivity contribution in [2.24, 2.45) is 0 Å². The fraction of sp³-hybridized carbons (Fsp3) is 0.0500. The summed E-state index contributed by atoms with van der Waals surface area (Å²) in [5.74, 6) is 0.346. The first-order valence-corrected chi connectivity index (χ1v) is 8.14. The van der Waals surface area contributed by atoms with E-state index in [0.29, 0.717) is 22.8 Å². The lowest BCUT2D eigenvalue weighted by atomic mass is 10.2. The summed E-state index contributed by atoms with van der Waals surface area (Å²) in [6.45, 7) is 1.87. The highest BCUT2D eigenvalue weighted by Gasteiger charge is 2.19. The molecule has 0 aliphatic heterocycles. The summed E-state index contributed by atoms with van der Waals surface area (Å²) in [7, 11) is 0. The third-order valence-corrected chi connectivity index (χ3v) is 3.87. The number of benzene rings is 1. The van der Waals surface area contributed by atoms with Crippen LogP contribution in [0.5, 0.6) is 0 Å². The Hall–Kier alpha value is -3.67. The molecular formula is C20H16N4O2. The van der Waals surface area contributed by atoms with E-state index in [-0.39, 0.29) is 5.91 Å². The Kier molecular flexibility index (Phi) is 4.07. The molecule has 0 radical (unpaired) electrons. The Morgan fingerprint density at radius 1 is 1.08 bits per heavy atom. The van der Waals surface area contributed by atoms with Gasteiger partial charge in [0.05, 0.1) is 12.0 Å². The van der Waals surface area contributed by atoms with E-state index >= 15 is 0 Å². The Balaban J connectivity index is 1.75. The predicted octanol–water partition coefficient (Wildman–Crippen LogP) is 4.09. The van der Waals surface area contributed by atoms with E-state index in [9.17, 15) is 4.79 Å². The normalized spacial score (nSPS) is 10.7. The highest BCUT2D eigenvalue weighted by Crippen LogP contribution is 2.23. The molecule has 26 heavy (non-hydrogen) atoms. The van der Waals surface area contributed by atoms with Crippen LogP contribution in [0.2, 0.25) is 0 Å². The number of aromatic nitrogens is 3. The van der Waals surface area contributed by atoms with Crippen LogP contribution in [0.15, 0.2) is 77.5 Å². The van der Waals surface area contributed by atoms with Crippen molar-refractivity contribution in [2.45, 2.75) is 6.92 Å². The van der Waals surface area contributed by atoms with Crippen molar-refractivity contribution in [3.63, 3.8) is 0 Å². The topological polar surface area (TPSA) is 73.0 Å². The number of aryl methyl sites for hydroxylation is 1. The molecule has 4 aromatic rings. The van der Waals surface area contributed by atoms with Crippen LogP contribution in [0.3, 0.4) is 0 Å². The quantitative estimate of drug-likeness (QED) is 0.605. The zero-order chi connectivity index (χ0) is 17.9. The number of rotatable bonds is 4. The molecule has 0 bridgehead atoms. The average molecular weight is 344 g/mol. The van der Waals surface area contributed by atoms with Crippen LogP contribution in [-0.4, -0.2) is 20.7 Å². The lowest BCUT2D eigenvalue weighted by Crippen LogP contribution is -2.17. The van der Waals surface area contributed by atoms with E-state index in [1.807, 2.05) is 49.4 Å². The summed E-state index contributed by atoms with van der Waals surface area (Å²) in [5, 5.41) is 7.45. The number of furan rings is 1. The van der Waals surface area contributed by atoms with Crippen LogP contribution in [0.4, 0.5) is 5.69 Å². The van der Waals surface area contributed by atoms with Crippen LogP contribution in [-0.2, 0) is 0 Å². The van der Waals surface area contributed by atoms with E-state index in [2.05, 4.69) is 15.4 Å². The number of hydrogen-bond donors (Lipinski definition) is 1. The molecule has 0 saturated carbocycles. The maximum Gasteiger partial charge on any atom is 0.274 e. The third kappa shape index (κ3) is 3.12. The Labute approximate surface area is 150 Å². The standard InChI is InChI=1S/C20H16N4O2/c1-14-12-15(9-10-21-14)22-20(25)18-13-17(19-8-5-11-26-19)23-24(18)16-6-3-2-4-7-16/h2-13H,1H3,(H,21,22,25). The van der Waals surface area contributed by atoms with Crippen molar-refractivity contribution in [3.05, 3.63) is 84.5 Å². The van der Waals surface area contributed by atoms with Gasteiger partial charge in [0.15, 0.2) is 5.76 Å². The van der Waals surface area contributed by atoms with Crippen LogP contribution in [0.1, 0.15) is 16.2 Å². The highest BCUT2D eigenvalue weighted by molar-refractivity contribution is 6.04. The molecule has 6 nitrogen and oxygen atoms in total. The second-order valence-electron chi connectivity index (χ2n) is 5.78. The monoisotopic (exact) mass is 344 g/mol. The molecule has 0 atom stereocenters. The molecule has 0 aliphatic carbocycles. The number of para-hydroxylation sites is 1. The van der Waals surface area contributed by atoms with Crippen molar-refractivity contribution >= 4 is 11.6 Å². The fourth-order valence-electron chi connectivity index (χ4n) is 2.67. The van der Waals surface area contributed by atoms with Gasteiger partial charge in [-0.15, -0.1) is 0 Å². The van der Waals surface area contributed by atoms with Crippen molar-refractivity contribution < 1.29 is 9.21 Å². The molecule has 0 aliphatic rings. The highest BCUT2D eigenvalue weighted by atomic mass is 16.3. The van der Waals surface area contributed by atoms with Crippen molar-refractivity contribution in [1.82, 2.24) is 14.8 Å². The van der Waals surface area contributed by atoms with Crippen LogP contribution < -0.4 is 5.32 Å². The van der Waals surface area contributed by atoms with Crippen LogP contribution in [0, 0.1) is 6.92 Å². The first kappa shape index (κ1) is 15.8. The molecule has 3 aromatic heterocycles. The first-order chi connectivity index (χ1) is 12.7. The van der Waals surface area contributed by atoms with E-state index in [1.165, 1.54) is 0 Å². The molecule has 0 spiro atoms. The summed E-state index contributed by atoms with van der Waals surface area (Å²) in [6, 6.07) is 18.4. The largest absolute Gasteiger partial charge is 0.463 e. The van der Waals surface area contributed by atoms with Crippen LogP contribution in [0.25, 0.3) is 17.1 Å². The second kappa shape index (κ2) is 6.68. The lowest BCUT2D eigenvalue weighted by Gasteiger charge is -2.08. The Bertz CT molecular complexity index is 1040. The molecule has 1 N–H and O–H groups in total. The summed E-state index contributed by atoms with van der Waals surface area (Å²) in [4.78, 5) is 17.0. The summed E-state index contributed by atoms with van der Waals surface area (Å²) < 4.78 is 7.03. The molecule has 6 heteroatoms. The van der Waals surface area contributed by atoms with Gasteiger partial charge in [0.1, 0.15) is 11.4 Å². The molecule has 1 amide bonds. The number of carbonyl (C=O) groups excluding carboxylic acids is 1. The van der Waals surface area contributed by atoms with Gasteiger partial charge in [-0.3, -0.25) is 9.78 Å². The van der Waals surface area contributed by atoms with Gasteiger partial charge in [0.2, 0.25) is 0 Å². The van der Waals surface area contributed by atoms with Gasteiger partial charge in [-0.05, 0) is 43.3 Å². The number of nitrogens with zero attached hydrogens (tertiary/aromatic N) is 3. The SMILES string of the molecule is Cc1cc(NC(=O)c2cc(-c3ccco3)nn2-c2ccccc2)ccn1. The molecule has 0 fully saturated rings. The van der Waals surface area contributed by atoms with Crippen molar-refractivity contribution in [3.8, 4) is 17.1 Å². The van der Waals surface area contributed by atoms with E-state index in [4.69, 9.17) is 4.42 Å². The van der Waals surface area contributed by atoms with Gasteiger partial charge < -0.3 is 9.73 Å². The number of amides is 1. The van der Waals surface area contributed by atoms with E-state index in [1.54, 1.807) is 35.3 Å². The number of hydrogen-bond acceptors (Lipinski definition) is 4. The predicted molar refractivity (Wildman–Crippen MR) is 98.2 cm³/mol. The van der Waals surface area contributed by atoms with Gasteiger partial charge in [-0.25, -0.2) is 4.68 Å². The minimum atomic E-state index is -0.259. The summed E-state index contributed by atoms with van der Waals surface area (Å²) in [6.07, 6.45) is 3.24. The maximum absolute atomic E-state index is 12.9. The first-order valence-electron chi connectivity index (χ1n) is 8.14. The molecule has 0 saturated heterocycles. The lowest BCUT2D eigenvalue weighted by molar-refractivity contribution is 0.101. The molecular weight excluding hydrogens is 328 g/mol. The molecule has 1 aromatic carbocycles. The van der Waals surface area contributed by atoms with Crippen LogP contribution >= 0.6 is 0 Å². The van der Waals surface area contributed by atoms with Gasteiger partial charge in [0.25, 0.3) is 5.91 Å². The summed E-state index contributed by atoms with van der Waals surface area (Å²) in [5.41, 5.74) is 3.31. The van der Waals surface area contributed by atoms with Crippen molar-refractivity contribution in [1.29, 1.82) is 0 Å². The minimum Gasteiger partial charge on any atom is -0.463 e. The van der Waals surface area contributed by atoms with E-state index < -0.39 is 0 Å². The summed E-state index contributed by atoms with van der Waals surface area (Å²) >= 11 is 0. The Morgan fingerprint density at radius 3 is 2.65 bits per heavy atom. The van der Waals surface area contributed by atoms with E-state index in [0.717, 1.165) is 11.4 Å². The maximum atomic E-state index is 12.9. The fourth-order valence-corrected chi connectivity index (χ4v) is 2.67. The molecule has 4 rings (SSSR count). The average Bonchev–Trinajstić information content (AvgIpc) is 3.32. The molecule has 128 valence electrons. The third-order valence-electron chi connectivity index (χ3n) is 3.87. The number of nitrogens with one attached hydrogen (secondary N) is 1. The minimum absolute atomic E-state index is 0.259. The molecule has 3 heterocycles. The smallest absolute Gasteiger partial charge is 0.274 e. The second-order valence-corrected chi connectivity index (χ2v) is 5.78. The van der Waals surface area contributed by atoms with Gasteiger partial charge >= 0.3 is 0 Å². The molecule has 0 unspecified atom stereocenters. The van der Waals surface area contributed by atoms with Gasteiger partial charge in [0, 0.05) is 23.6 Å². The van der Waals surface area contributed by atoms with Crippen molar-refractivity contribution in [2.75, 3.05) is 5.32 Å². The number of anilines is 1. The Morgan fingerprint density at radius 2 is 1.92 bits per heavy atom. The number of carbonyl (C=O) groups is 1. The van der Waals surface area contributed by atoms with Gasteiger partial charge in [-0.1, -0.05) is 18.2 Å². The van der Waals surface area contributed by atoms with Gasteiger partial charge in [-0.2, -0.15) is 5.10 Å². The zero-order valence-corrected chi connectivity index (χ0v) is 14.1. The zero-order valence-electron chi connectivity index (χ0n) is 14.1.